The molecule has 0 aromatic heterocycles. The fourth-order valence-corrected chi connectivity index (χ4v) is 3.95. The average molecular weight is 258 g/mol. The van der Waals surface area contributed by atoms with E-state index in [1.54, 1.807) is 0 Å². The molecule has 0 aliphatic heterocycles. The van der Waals surface area contributed by atoms with Crippen molar-refractivity contribution < 1.29 is 0 Å². The molecule has 0 saturated carbocycles. The molecule has 2 aromatic rings. The van der Waals surface area contributed by atoms with Gasteiger partial charge in [-0.05, 0) is 18.5 Å². The molecule has 2 rings (SSSR count). The maximum Gasteiger partial charge on any atom is 0.0237 e. The molecule has 0 fully saturated rings. The van der Waals surface area contributed by atoms with Crippen LogP contribution in [0.25, 0.3) is 0 Å². The monoisotopic (exact) mass is 258 g/mol. The predicted molar refractivity (Wildman–Crippen MR) is 81.0 cm³/mol. The number of nitrogens with one attached hydrogen (secondary N) is 1. The van der Waals surface area contributed by atoms with Crippen molar-refractivity contribution in [2.45, 2.75) is 0 Å². The lowest BCUT2D eigenvalue weighted by Crippen LogP contribution is -2.27. The van der Waals surface area contributed by atoms with Crippen LogP contribution in [0, 0.1) is 0 Å². The van der Waals surface area contributed by atoms with Gasteiger partial charge in [-0.25, -0.2) is 0 Å². The van der Waals surface area contributed by atoms with Gasteiger partial charge in [-0.15, -0.1) is 0 Å². The molecule has 2 nitrogen and oxygen atoms in total. The van der Waals surface area contributed by atoms with E-state index in [1.807, 2.05) is 0 Å². The summed E-state index contributed by atoms with van der Waals surface area (Å²) in [5, 5.41) is 6.25. The molecule has 0 amide bonds. The van der Waals surface area contributed by atoms with Gasteiger partial charge in [0.25, 0.3) is 0 Å². The molecule has 0 unspecified atom stereocenters. The minimum absolute atomic E-state index is 0.329. The number of benzene rings is 2. The maximum atomic E-state index is 5.54. The number of hydrogen-bond acceptors (Lipinski definition) is 2. The van der Waals surface area contributed by atoms with E-state index in [0.29, 0.717) is 6.54 Å². The Hall–Kier alpha value is -1.21. The van der Waals surface area contributed by atoms with Crippen LogP contribution in [-0.4, -0.2) is 19.4 Å². The molecule has 18 heavy (non-hydrogen) atoms. The highest BCUT2D eigenvalue weighted by Crippen LogP contribution is 2.31. The van der Waals surface area contributed by atoms with Crippen LogP contribution in [0.3, 0.4) is 0 Å². The Kier molecular flexibility index (Phi) is 5.35. The highest BCUT2D eigenvalue weighted by atomic mass is 31.1. The van der Waals surface area contributed by atoms with Gasteiger partial charge in [-0.3, -0.25) is 0 Å². The van der Waals surface area contributed by atoms with Crippen molar-refractivity contribution >= 4 is 18.5 Å². The van der Waals surface area contributed by atoms with Crippen LogP contribution in [0.15, 0.2) is 60.7 Å². The van der Waals surface area contributed by atoms with Crippen LogP contribution >= 0.6 is 7.92 Å². The maximum absolute atomic E-state index is 5.54. The van der Waals surface area contributed by atoms with Gasteiger partial charge in [0, 0.05) is 19.4 Å². The summed E-state index contributed by atoms with van der Waals surface area (Å²) in [5.74, 6) is 0. The van der Waals surface area contributed by atoms with Gasteiger partial charge in [-0.1, -0.05) is 60.7 Å². The van der Waals surface area contributed by atoms with E-state index in [1.165, 1.54) is 10.6 Å². The Morgan fingerprint density at radius 1 is 0.833 bits per heavy atom. The molecule has 2 aromatic carbocycles. The van der Waals surface area contributed by atoms with E-state index in [-0.39, 0.29) is 7.92 Å². The molecular formula is C15H19N2P. The lowest BCUT2D eigenvalue weighted by atomic mass is 10.4. The summed E-state index contributed by atoms with van der Waals surface area (Å²) in [7, 11) is -0.329. The second kappa shape index (κ2) is 7.27. The predicted octanol–water partition coefficient (Wildman–Crippen LogP) is 1.63. The van der Waals surface area contributed by atoms with Crippen molar-refractivity contribution in [3.05, 3.63) is 60.7 Å². The Morgan fingerprint density at radius 3 is 1.78 bits per heavy atom. The Bertz CT molecular complexity index is 405. The zero-order valence-electron chi connectivity index (χ0n) is 10.4. The first kappa shape index (κ1) is 13.2. The Morgan fingerprint density at radius 2 is 1.33 bits per heavy atom. The Labute approximate surface area is 110 Å². The van der Waals surface area contributed by atoms with E-state index in [0.717, 1.165) is 12.8 Å². The molecule has 0 heterocycles. The van der Waals surface area contributed by atoms with Crippen molar-refractivity contribution in [2.75, 3.05) is 19.4 Å². The van der Waals surface area contributed by atoms with E-state index in [4.69, 9.17) is 5.73 Å². The van der Waals surface area contributed by atoms with Crippen molar-refractivity contribution in [1.82, 2.24) is 5.32 Å². The molecule has 0 aliphatic carbocycles. The van der Waals surface area contributed by atoms with Gasteiger partial charge < -0.3 is 11.1 Å². The van der Waals surface area contributed by atoms with E-state index >= 15 is 0 Å². The van der Waals surface area contributed by atoms with Gasteiger partial charge in [0.2, 0.25) is 0 Å². The van der Waals surface area contributed by atoms with Gasteiger partial charge in [0.1, 0.15) is 0 Å². The molecule has 0 atom stereocenters. The molecule has 3 heteroatoms. The largest absolute Gasteiger partial charge is 0.329 e. The van der Waals surface area contributed by atoms with Gasteiger partial charge in [0.05, 0.1) is 0 Å². The average Bonchev–Trinajstić information content (AvgIpc) is 2.46. The third kappa shape index (κ3) is 3.64. The van der Waals surface area contributed by atoms with Crippen LogP contribution < -0.4 is 21.7 Å². The van der Waals surface area contributed by atoms with Gasteiger partial charge >= 0.3 is 0 Å². The highest BCUT2D eigenvalue weighted by Gasteiger charge is 2.12. The standard InChI is InChI=1S/C15H19N2P/c16-11-12-17-13-18(14-7-3-1-4-8-14)15-9-5-2-6-10-15/h1-10,17H,11-13,16H2. The molecular weight excluding hydrogens is 239 g/mol. The zero-order valence-corrected chi connectivity index (χ0v) is 11.3. The molecule has 0 aliphatic rings. The van der Waals surface area contributed by atoms with Crippen LogP contribution in [-0.2, 0) is 0 Å². The van der Waals surface area contributed by atoms with Crippen molar-refractivity contribution in [2.24, 2.45) is 5.73 Å². The first-order chi connectivity index (χ1) is 8.92. The summed E-state index contributed by atoms with van der Waals surface area (Å²) in [6, 6.07) is 21.4. The summed E-state index contributed by atoms with van der Waals surface area (Å²) >= 11 is 0. The van der Waals surface area contributed by atoms with Crippen LogP contribution in [0.4, 0.5) is 0 Å². The first-order valence-corrected chi connectivity index (χ1v) is 7.73. The lowest BCUT2D eigenvalue weighted by Gasteiger charge is -2.19. The van der Waals surface area contributed by atoms with Gasteiger partial charge in [0.15, 0.2) is 0 Å². The van der Waals surface area contributed by atoms with Crippen molar-refractivity contribution in [3.8, 4) is 0 Å². The lowest BCUT2D eigenvalue weighted by molar-refractivity contribution is 0.782. The summed E-state index contributed by atoms with van der Waals surface area (Å²) in [4.78, 5) is 0. The van der Waals surface area contributed by atoms with E-state index in [2.05, 4.69) is 66.0 Å². The quantitative estimate of drug-likeness (QED) is 0.610. The second-order valence-corrected chi connectivity index (χ2v) is 6.25. The second-order valence-electron chi connectivity index (χ2n) is 4.05. The summed E-state index contributed by atoms with van der Waals surface area (Å²) < 4.78 is 0. The van der Waals surface area contributed by atoms with Crippen LogP contribution in [0.1, 0.15) is 0 Å². The molecule has 0 radical (unpaired) electrons. The number of nitrogens with two attached hydrogens (primary N) is 1. The van der Waals surface area contributed by atoms with Crippen molar-refractivity contribution in [1.29, 1.82) is 0 Å². The number of hydrogen-bond donors (Lipinski definition) is 2. The summed E-state index contributed by atoms with van der Waals surface area (Å²) in [6.07, 6.45) is 0.987. The Balaban J connectivity index is 2.18. The molecule has 0 bridgehead atoms. The third-order valence-electron chi connectivity index (χ3n) is 2.73. The minimum atomic E-state index is -0.329. The van der Waals surface area contributed by atoms with Crippen LogP contribution in [0.2, 0.25) is 0 Å². The number of rotatable bonds is 6. The van der Waals surface area contributed by atoms with Gasteiger partial charge in [-0.2, -0.15) is 0 Å². The molecule has 3 N–H and O–H groups in total. The third-order valence-corrected chi connectivity index (χ3v) is 5.11. The normalized spacial score (nSPS) is 10.8. The first-order valence-electron chi connectivity index (χ1n) is 6.20. The zero-order chi connectivity index (χ0) is 12.6. The SMILES string of the molecule is NCCNCP(c1ccccc1)c1ccccc1. The molecule has 94 valence electrons. The smallest absolute Gasteiger partial charge is 0.0237 e. The highest BCUT2D eigenvalue weighted by molar-refractivity contribution is 7.72. The van der Waals surface area contributed by atoms with Crippen LogP contribution in [0.5, 0.6) is 0 Å². The topological polar surface area (TPSA) is 38.0 Å². The fourth-order valence-electron chi connectivity index (χ4n) is 1.84. The van der Waals surface area contributed by atoms with E-state index < -0.39 is 0 Å². The summed E-state index contributed by atoms with van der Waals surface area (Å²) in [5.41, 5.74) is 5.54. The van der Waals surface area contributed by atoms with Crippen molar-refractivity contribution in [3.63, 3.8) is 0 Å². The van der Waals surface area contributed by atoms with E-state index in [9.17, 15) is 0 Å². The molecule has 0 saturated heterocycles. The summed E-state index contributed by atoms with van der Waals surface area (Å²) in [6.45, 7) is 1.56. The fraction of sp³-hybridized carbons (Fsp3) is 0.200. The minimum Gasteiger partial charge on any atom is -0.329 e. The molecule has 0 spiro atoms.